The Kier molecular flexibility index (Phi) is 8.66. The van der Waals surface area contributed by atoms with Crippen molar-refractivity contribution in [2.75, 3.05) is 25.1 Å². The van der Waals surface area contributed by atoms with Gasteiger partial charge in [-0.05, 0) is 42.5 Å². The monoisotopic (exact) mass is 555 g/mol. The van der Waals surface area contributed by atoms with Gasteiger partial charge in [0, 0.05) is 11.6 Å². The lowest BCUT2D eigenvalue weighted by Gasteiger charge is -2.25. The summed E-state index contributed by atoms with van der Waals surface area (Å²) in [5, 5.41) is 3.51. The molecule has 0 bridgehead atoms. The van der Waals surface area contributed by atoms with Crippen LogP contribution in [0, 0.1) is 0 Å². The van der Waals surface area contributed by atoms with Crippen LogP contribution in [0.3, 0.4) is 0 Å². The van der Waals surface area contributed by atoms with Crippen molar-refractivity contribution in [1.82, 2.24) is 5.43 Å². The standard InChI is InChI=1S/C24H21ClF3N3O5S/c1-35-18-10-8-16(22(13-18)36-2)14-29-30-23(32)15-31(37(33,34)19-6-4-3-5-7-19)21-12-17(24(26,27)28)9-11-20(21)25/h3-14H,15H2,1-2H3,(H,30,32)/b29-14+. The van der Waals surface area contributed by atoms with E-state index < -0.39 is 39.9 Å². The Hall–Kier alpha value is -3.77. The first-order chi connectivity index (χ1) is 17.5. The summed E-state index contributed by atoms with van der Waals surface area (Å²) < 4.78 is 77.6. The van der Waals surface area contributed by atoms with Crippen LogP contribution in [-0.2, 0) is 21.0 Å². The molecule has 0 aliphatic heterocycles. The van der Waals surface area contributed by atoms with E-state index in [-0.39, 0.29) is 9.92 Å². The Morgan fingerprint density at radius 2 is 1.76 bits per heavy atom. The molecule has 1 amide bonds. The first kappa shape index (κ1) is 27.8. The molecule has 13 heteroatoms. The molecule has 0 unspecified atom stereocenters. The highest BCUT2D eigenvalue weighted by Gasteiger charge is 2.34. The van der Waals surface area contributed by atoms with Crippen LogP contribution < -0.4 is 19.2 Å². The summed E-state index contributed by atoms with van der Waals surface area (Å²) in [6, 6.07) is 14.0. The van der Waals surface area contributed by atoms with E-state index in [1.54, 1.807) is 24.3 Å². The molecule has 8 nitrogen and oxygen atoms in total. The third kappa shape index (κ3) is 6.71. The van der Waals surface area contributed by atoms with Gasteiger partial charge in [-0.1, -0.05) is 29.8 Å². The fourth-order valence-corrected chi connectivity index (χ4v) is 4.89. The second-order valence-electron chi connectivity index (χ2n) is 7.39. The molecule has 0 aliphatic rings. The third-order valence-electron chi connectivity index (χ3n) is 4.99. The molecule has 3 aromatic rings. The molecule has 1 N–H and O–H groups in total. The number of anilines is 1. The highest BCUT2D eigenvalue weighted by molar-refractivity contribution is 7.92. The third-order valence-corrected chi connectivity index (χ3v) is 7.09. The fourth-order valence-electron chi connectivity index (χ4n) is 3.16. The normalized spacial score (nSPS) is 11.8. The summed E-state index contributed by atoms with van der Waals surface area (Å²) in [4.78, 5) is 12.4. The van der Waals surface area contributed by atoms with Crippen LogP contribution >= 0.6 is 11.6 Å². The van der Waals surface area contributed by atoms with Crippen LogP contribution in [0.1, 0.15) is 11.1 Å². The average Bonchev–Trinajstić information content (AvgIpc) is 2.87. The second kappa shape index (κ2) is 11.5. The number of carbonyl (C=O) groups is 1. The van der Waals surface area contributed by atoms with E-state index in [9.17, 15) is 26.4 Å². The van der Waals surface area contributed by atoms with E-state index in [0.717, 1.165) is 6.07 Å². The van der Waals surface area contributed by atoms with Crippen molar-refractivity contribution in [3.05, 3.63) is 82.9 Å². The molecule has 0 atom stereocenters. The molecule has 0 heterocycles. The number of benzene rings is 3. The molecule has 3 aromatic carbocycles. The smallest absolute Gasteiger partial charge is 0.416 e. The van der Waals surface area contributed by atoms with E-state index in [1.165, 1.54) is 44.7 Å². The van der Waals surface area contributed by atoms with Crippen molar-refractivity contribution in [2.24, 2.45) is 5.10 Å². The van der Waals surface area contributed by atoms with Crippen molar-refractivity contribution in [1.29, 1.82) is 0 Å². The average molecular weight is 556 g/mol. The van der Waals surface area contributed by atoms with Gasteiger partial charge in [0.15, 0.2) is 0 Å². The molecule has 0 spiro atoms. The number of ether oxygens (including phenoxy) is 2. The van der Waals surface area contributed by atoms with Crippen molar-refractivity contribution in [2.45, 2.75) is 11.1 Å². The maximum Gasteiger partial charge on any atom is 0.416 e. The minimum absolute atomic E-state index is 0.247. The number of nitrogens with zero attached hydrogens (tertiary/aromatic N) is 2. The number of methoxy groups -OCH3 is 2. The maximum atomic E-state index is 13.4. The van der Waals surface area contributed by atoms with E-state index in [2.05, 4.69) is 10.5 Å². The predicted molar refractivity (Wildman–Crippen MR) is 133 cm³/mol. The molecular formula is C24H21ClF3N3O5S. The number of hydrogen-bond donors (Lipinski definition) is 1. The lowest BCUT2D eigenvalue weighted by Crippen LogP contribution is -2.40. The van der Waals surface area contributed by atoms with Gasteiger partial charge in [0.05, 0.1) is 41.6 Å². The van der Waals surface area contributed by atoms with Crippen molar-refractivity contribution < 1.29 is 35.9 Å². The van der Waals surface area contributed by atoms with Gasteiger partial charge in [0.1, 0.15) is 18.0 Å². The lowest BCUT2D eigenvalue weighted by molar-refractivity contribution is -0.137. The number of halogens is 4. The summed E-state index contributed by atoms with van der Waals surface area (Å²) in [6.07, 6.45) is -3.52. The van der Waals surface area contributed by atoms with Gasteiger partial charge >= 0.3 is 6.18 Å². The largest absolute Gasteiger partial charge is 0.497 e. The molecule has 0 radical (unpaired) electrons. The Morgan fingerprint density at radius 3 is 2.38 bits per heavy atom. The Morgan fingerprint density at radius 1 is 1.05 bits per heavy atom. The second-order valence-corrected chi connectivity index (χ2v) is 9.66. The van der Waals surface area contributed by atoms with Crippen LogP contribution in [0.25, 0.3) is 0 Å². The molecular weight excluding hydrogens is 535 g/mol. The number of nitrogens with one attached hydrogen (secondary N) is 1. The maximum absolute atomic E-state index is 13.4. The molecule has 37 heavy (non-hydrogen) atoms. The van der Waals surface area contributed by atoms with E-state index in [4.69, 9.17) is 21.1 Å². The zero-order chi connectivity index (χ0) is 27.2. The molecule has 196 valence electrons. The van der Waals surface area contributed by atoms with Gasteiger partial charge in [0.2, 0.25) is 0 Å². The van der Waals surface area contributed by atoms with Crippen LogP contribution in [0.2, 0.25) is 5.02 Å². The predicted octanol–water partition coefficient (Wildman–Crippen LogP) is 4.72. The van der Waals surface area contributed by atoms with Gasteiger partial charge in [-0.3, -0.25) is 9.10 Å². The van der Waals surface area contributed by atoms with Gasteiger partial charge in [0.25, 0.3) is 15.9 Å². The summed E-state index contributed by atoms with van der Waals surface area (Å²) >= 11 is 6.10. The van der Waals surface area contributed by atoms with E-state index >= 15 is 0 Å². The topological polar surface area (TPSA) is 97.3 Å². The zero-order valence-electron chi connectivity index (χ0n) is 19.5. The highest BCUT2D eigenvalue weighted by atomic mass is 35.5. The fraction of sp³-hybridized carbons (Fsp3) is 0.167. The summed E-state index contributed by atoms with van der Waals surface area (Å²) in [6.45, 7) is -0.907. The van der Waals surface area contributed by atoms with Gasteiger partial charge in [-0.2, -0.15) is 18.3 Å². The number of hydrazone groups is 1. The quantitative estimate of drug-likeness (QED) is 0.304. The van der Waals surface area contributed by atoms with Gasteiger partial charge in [-0.25, -0.2) is 13.8 Å². The molecule has 0 aromatic heterocycles. The van der Waals surface area contributed by atoms with Crippen LogP contribution in [-0.4, -0.2) is 41.3 Å². The summed E-state index contributed by atoms with van der Waals surface area (Å²) in [5.74, 6) is -0.0177. The number of rotatable bonds is 9. The molecule has 0 fully saturated rings. The van der Waals surface area contributed by atoms with Gasteiger partial charge in [-0.15, -0.1) is 0 Å². The number of sulfonamides is 1. The zero-order valence-corrected chi connectivity index (χ0v) is 21.1. The van der Waals surface area contributed by atoms with Crippen LogP contribution in [0.5, 0.6) is 11.5 Å². The number of alkyl halides is 3. The number of amides is 1. The summed E-state index contributed by atoms with van der Waals surface area (Å²) in [7, 11) is -1.59. The molecule has 3 rings (SSSR count). The Bertz CT molecular complexity index is 1400. The first-order valence-electron chi connectivity index (χ1n) is 10.5. The molecule has 0 aliphatic carbocycles. The SMILES string of the molecule is COc1ccc(/C=N/NC(=O)CN(c2cc(C(F)(F)F)ccc2Cl)S(=O)(=O)c2ccccc2)c(OC)c1. The number of carbonyl (C=O) groups excluding carboxylic acids is 1. The van der Waals surface area contributed by atoms with E-state index in [1.807, 2.05) is 0 Å². The van der Waals surface area contributed by atoms with Crippen LogP contribution in [0.15, 0.2) is 76.7 Å². The van der Waals surface area contributed by atoms with E-state index in [0.29, 0.717) is 33.5 Å². The minimum Gasteiger partial charge on any atom is -0.497 e. The van der Waals surface area contributed by atoms with Crippen molar-refractivity contribution >= 4 is 39.4 Å². The molecule has 0 saturated heterocycles. The summed E-state index contributed by atoms with van der Waals surface area (Å²) in [5.41, 5.74) is 0.991. The first-order valence-corrected chi connectivity index (χ1v) is 12.3. The Balaban J connectivity index is 1.94. The van der Waals surface area contributed by atoms with Gasteiger partial charge < -0.3 is 9.47 Å². The number of hydrogen-bond acceptors (Lipinski definition) is 6. The Labute approximate surface area is 216 Å². The van der Waals surface area contributed by atoms with Crippen molar-refractivity contribution in [3.63, 3.8) is 0 Å². The van der Waals surface area contributed by atoms with Crippen LogP contribution in [0.4, 0.5) is 18.9 Å². The lowest BCUT2D eigenvalue weighted by atomic mass is 10.2. The highest BCUT2D eigenvalue weighted by Crippen LogP contribution is 2.37. The van der Waals surface area contributed by atoms with Crippen molar-refractivity contribution in [3.8, 4) is 11.5 Å². The minimum atomic E-state index is -4.77. The molecule has 0 saturated carbocycles.